The Kier molecular flexibility index (Phi) is 6.93. The van der Waals surface area contributed by atoms with Gasteiger partial charge in [0, 0.05) is 12.1 Å². The highest BCUT2D eigenvalue weighted by molar-refractivity contribution is 8.16. The number of nitrogens with one attached hydrogen (secondary N) is 1. The number of amides is 2. The van der Waals surface area contributed by atoms with E-state index >= 15 is 0 Å². The molecule has 9 heteroatoms. The maximum absolute atomic E-state index is 13.2. The van der Waals surface area contributed by atoms with E-state index < -0.39 is 5.25 Å². The minimum atomic E-state index is -0.679. The van der Waals surface area contributed by atoms with E-state index in [2.05, 4.69) is 15.5 Å². The van der Waals surface area contributed by atoms with Crippen LogP contribution in [0, 0.1) is 6.92 Å². The molecule has 3 aromatic rings. The first kappa shape index (κ1) is 23.1. The first-order chi connectivity index (χ1) is 16.4. The Balaban J connectivity index is 1.53. The lowest BCUT2D eigenvalue weighted by molar-refractivity contribution is -0.121. The van der Waals surface area contributed by atoms with E-state index in [4.69, 9.17) is 0 Å². The number of aromatic hydroxyl groups is 2. The summed E-state index contributed by atoms with van der Waals surface area (Å²) in [6.45, 7) is 1.96. The number of rotatable bonds is 6. The summed E-state index contributed by atoms with van der Waals surface area (Å²) in [5, 5.41) is 29.8. The topological polar surface area (TPSA) is 115 Å². The largest absolute Gasteiger partial charge is 0.508 e. The molecule has 1 aliphatic rings. The van der Waals surface area contributed by atoms with Gasteiger partial charge in [-0.25, -0.2) is 0 Å². The Morgan fingerprint density at radius 1 is 1.00 bits per heavy atom. The number of thioether (sulfide) groups is 1. The van der Waals surface area contributed by atoms with Crippen molar-refractivity contribution in [1.82, 2.24) is 0 Å². The van der Waals surface area contributed by atoms with Crippen molar-refractivity contribution in [3.63, 3.8) is 0 Å². The van der Waals surface area contributed by atoms with Crippen molar-refractivity contribution >= 4 is 46.3 Å². The molecule has 0 aliphatic carbocycles. The van der Waals surface area contributed by atoms with Gasteiger partial charge < -0.3 is 15.5 Å². The third kappa shape index (κ3) is 5.62. The second kappa shape index (κ2) is 10.2. The maximum atomic E-state index is 13.2. The molecule has 3 aromatic carbocycles. The van der Waals surface area contributed by atoms with Crippen LogP contribution in [0.5, 0.6) is 11.5 Å². The fourth-order valence-corrected chi connectivity index (χ4v) is 4.32. The van der Waals surface area contributed by atoms with Gasteiger partial charge in [0.25, 0.3) is 0 Å². The number of hydrogen-bond donors (Lipinski definition) is 3. The fourth-order valence-electron chi connectivity index (χ4n) is 3.23. The van der Waals surface area contributed by atoms with Gasteiger partial charge in [0.2, 0.25) is 11.8 Å². The minimum Gasteiger partial charge on any atom is -0.508 e. The molecule has 8 nitrogen and oxygen atoms in total. The van der Waals surface area contributed by atoms with E-state index in [1.165, 1.54) is 35.4 Å². The molecule has 172 valence electrons. The molecule has 34 heavy (non-hydrogen) atoms. The Labute approximate surface area is 200 Å². The normalized spacial score (nSPS) is 17.0. The predicted molar refractivity (Wildman–Crippen MR) is 135 cm³/mol. The standard InChI is InChI=1S/C25H22N4O4S/c1-16-2-6-18(7-3-16)27-23(32)14-22-24(33)29(19-8-12-21(31)13-9-19)25(34-22)28-26-15-17-4-10-20(30)11-5-17/h2-13,15,22,30-31H,14H2,1H3,(H,27,32)/b26-15+,28-25?. The van der Waals surface area contributed by atoms with Gasteiger partial charge in [0.1, 0.15) is 16.7 Å². The number of phenols is 2. The quantitative estimate of drug-likeness (QED) is 0.365. The number of benzene rings is 3. The van der Waals surface area contributed by atoms with Crippen LogP contribution in [0.3, 0.4) is 0 Å². The molecular formula is C25H22N4O4S. The van der Waals surface area contributed by atoms with Crippen LogP contribution in [0.2, 0.25) is 0 Å². The highest BCUT2D eigenvalue weighted by atomic mass is 32.2. The third-order valence-corrected chi connectivity index (χ3v) is 6.12. The summed E-state index contributed by atoms with van der Waals surface area (Å²) >= 11 is 1.15. The van der Waals surface area contributed by atoms with Gasteiger partial charge in [-0.05, 0) is 73.2 Å². The highest BCUT2D eigenvalue weighted by Gasteiger charge is 2.40. The number of aryl methyl sites for hydroxylation is 1. The molecule has 1 unspecified atom stereocenters. The smallest absolute Gasteiger partial charge is 0.247 e. The van der Waals surface area contributed by atoms with Crippen LogP contribution < -0.4 is 10.2 Å². The van der Waals surface area contributed by atoms with Gasteiger partial charge in [0.15, 0.2) is 5.17 Å². The van der Waals surface area contributed by atoms with Crippen LogP contribution in [0.25, 0.3) is 0 Å². The molecule has 0 aromatic heterocycles. The van der Waals surface area contributed by atoms with E-state index in [0.717, 1.165) is 22.9 Å². The Bertz CT molecular complexity index is 1240. The molecule has 2 amide bonds. The molecule has 1 aliphatic heterocycles. The fraction of sp³-hybridized carbons (Fsp3) is 0.120. The molecule has 0 saturated carbocycles. The zero-order valence-electron chi connectivity index (χ0n) is 18.3. The zero-order valence-corrected chi connectivity index (χ0v) is 19.1. The van der Waals surface area contributed by atoms with Crippen LogP contribution in [-0.2, 0) is 9.59 Å². The molecule has 1 atom stereocenters. The zero-order chi connectivity index (χ0) is 24.1. The van der Waals surface area contributed by atoms with Crippen LogP contribution in [-0.4, -0.2) is 38.7 Å². The van der Waals surface area contributed by atoms with Crippen LogP contribution in [0.4, 0.5) is 11.4 Å². The first-order valence-corrected chi connectivity index (χ1v) is 11.3. The summed E-state index contributed by atoms with van der Waals surface area (Å²) in [7, 11) is 0. The van der Waals surface area contributed by atoms with Crippen molar-refractivity contribution in [2.75, 3.05) is 10.2 Å². The number of phenolic OH excluding ortho intramolecular Hbond substituents is 2. The number of nitrogens with zero attached hydrogens (tertiary/aromatic N) is 3. The van der Waals surface area contributed by atoms with Gasteiger partial charge in [-0.2, -0.15) is 5.10 Å². The number of carbonyl (C=O) groups is 2. The lowest BCUT2D eigenvalue weighted by Gasteiger charge is -2.16. The average molecular weight is 475 g/mol. The summed E-state index contributed by atoms with van der Waals surface area (Å²) < 4.78 is 0. The number of carbonyl (C=O) groups excluding carboxylic acids is 2. The summed E-state index contributed by atoms with van der Waals surface area (Å²) in [4.78, 5) is 27.2. The SMILES string of the molecule is Cc1ccc(NC(=O)CC2SC(=N/N=C/c3ccc(O)cc3)N(c3ccc(O)cc3)C2=O)cc1. The number of hydrogen-bond acceptors (Lipinski definition) is 7. The molecule has 1 heterocycles. The minimum absolute atomic E-state index is 0.0351. The Morgan fingerprint density at radius 2 is 1.62 bits per heavy atom. The molecule has 0 radical (unpaired) electrons. The second-order valence-corrected chi connectivity index (χ2v) is 8.80. The van der Waals surface area contributed by atoms with Gasteiger partial charge in [0.05, 0.1) is 11.9 Å². The van der Waals surface area contributed by atoms with Crippen molar-refractivity contribution in [2.45, 2.75) is 18.6 Å². The van der Waals surface area contributed by atoms with E-state index in [-0.39, 0.29) is 29.7 Å². The molecule has 3 N–H and O–H groups in total. The lowest BCUT2D eigenvalue weighted by atomic mass is 10.2. The van der Waals surface area contributed by atoms with Crippen molar-refractivity contribution in [1.29, 1.82) is 0 Å². The molecule has 1 fully saturated rings. The summed E-state index contributed by atoms with van der Waals surface area (Å²) in [5.41, 5.74) is 2.98. The van der Waals surface area contributed by atoms with Gasteiger partial charge >= 0.3 is 0 Å². The summed E-state index contributed by atoms with van der Waals surface area (Å²) in [6, 6.07) is 20.0. The van der Waals surface area contributed by atoms with Crippen molar-refractivity contribution in [2.24, 2.45) is 10.2 Å². The molecule has 4 rings (SSSR count). The molecule has 0 bridgehead atoms. The molecule has 0 spiro atoms. The van der Waals surface area contributed by atoms with Crippen molar-refractivity contribution in [3.8, 4) is 11.5 Å². The van der Waals surface area contributed by atoms with Crippen molar-refractivity contribution < 1.29 is 19.8 Å². The average Bonchev–Trinajstić information content (AvgIpc) is 3.12. The van der Waals surface area contributed by atoms with Gasteiger partial charge in [-0.15, -0.1) is 5.10 Å². The van der Waals surface area contributed by atoms with Crippen LogP contribution in [0.15, 0.2) is 83.0 Å². The van der Waals surface area contributed by atoms with E-state index in [9.17, 15) is 19.8 Å². The first-order valence-electron chi connectivity index (χ1n) is 10.5. The highest BCUT2D eigenvalue weighted by Crippen LogP contribution is 2.34. The summed E-state index contributed by atoms with van der Waals surface area (Å²) in [6.07, 6.45) is 1.47. The van der Waals surface area contributed by atoms with Crippen LogP contribution >= 0.6 is 11.8 Å². The monoisotopic (exact) mass is 474 g/mol. The van der Waals surface area contributed by atoms with Crippen molar-refractivity contribution in [3.05, 3.63) is 83.9 Å². The van der Waals surface area contributed by atoms with E-state index in [0.29, 0.717) is 16.5 Å². The lowest BCUT2D eigenvalue weighted by Crippen LogP contribution is -2.33. The Morgan fingerprint density at radius 3 is 2.26 bits per heavy atom. The molecular weight excluding hydrogens is 452 g/mol. The van der Waals surface area contributed by atoms with Crippen LogP contribution in [0.1, 0.15) is 17.5 Å². The number of anilines is 2. The van der Waals surface area contributed by atoms with Gasteiger partial charge in [-0.3, -0.25) is 14.5 Å². The third-order valence-electron chi connectivity index (χ3n) is 4.99. The summed E-state index contributed by atoms with van der Waals surface area (Å²) in [5.74, 6) is -0.367. The Hall–Kier alpha value is -4.11. The predicted octanol–water partition coefficient (Wildman–Crippen LogP) is 4.27. The maximum Gasteiger partial charge on any atom is 0.247 e. The van der Waals surface area contributed by atoms with Gasteiger partial charge in [-0.1, -0.05) is 29.5 Å². The van der Waals surface area contributed by atoms with E-state index in [1.807, 2.05) is 31.2 Å². The molecule has 1 saturated heterocycles. The van der Waals surface area contributed by atoms with E-state index in [1.54, 1.807) is 24.3 Å². The second-order valence-electron chi connectivity index (χ2n) is 7.63. The number of amidine groups is 1.